The largest absolute Gasteiger partial charge is 0.311 e. The van der Waals surface area contributed by atoms with E-state index < -0.39 is 0 Å². The minimum Gasteiger partial charge on any atom is -0.311 e. The summed E-state index contributed by atoms with van der Waals surface area (Å²) in [6.07, 6.45) is 9.48. The summed E-state index contributed by atoms with van der Waals surface area (Å²) in [5.74, 6) is 0.190. The Bertz CT molecular complexity index is 2730. The molecule has 2 heteroatoms. The van der Waals surface area contributed by atoms with Gasteiger partial charge in [-0.05, 0) is 129 Å². The Morgan fingerprint density at radius 1 is 0.407 bits per heavy atom. The predicted octanol–water partition coefficient (Wildman–Crippen LogP) is 16.0. The Balaban J connectivity index is 1.12. The van der Waals surface area contributed by atoms with Gasteiger partial charge in [-0.2, -0.15) is 0 Å². The van der Waals surface area contributed by atoms with Crippen LogP contribution < -0.4 is 9.80 Å². The van der Waals surface area contributed by atoms with Crippen LogP contribution in [0.2, 0.25) is 0 Å². The zero-order valence-electron chi connectivity index (χ0n) is 33.3. The molecule has 8 aromatic carbocycles. The lowest BCUT2D eigenvalue weighted by molar-refractivity contribution is 0.906. The summed E-state index contributed by atoms with van der Waals surface area (Å²) in [6.45, 7) is 6.70. The molecule has 0 radical (unpaired) electrons. The van der Waals surface area contributed by atoms with Crippen molar-refractivity contribution in [2.45, 2.75) is 19.3 Å². The molecule has 2 nitrogen and oxygen atoms in total. The van der Waals surface area contributed by atoms with Crippen molar-refractivity contribution in [3.05, 3.63) is 254 Å². The van der Waals surface area contributed by atoms with Crippen LogP contribution in [-0.2, 0) is 6.42 Å². The molecule has 9 rings (SSSR count). The van der Waals surface area contributed by atoms with Crippen molar-refractivity contribution >= 4 is 34.1 Å². The number of allylic oxidation sites excluding steroid dienone is 5. The van der Waals surface area contributed by atoms with Crippen LogP contribution >= 0.6 is 0 Å². The van der Waals surface area contributed by atoms with E-state index in [2.05, 4.69) is 254 Å². The lowest BCUT2D eigenvalue weighted by Crippen LogP contribution is -2.12. The fourth-order valence-electron chi connectivity index (χ4n) is 8.16. The molecule has 59 heavy (non-hydrogen) atoms. The van der Waals surface area contributed by atoms with Crippen molar-refractivity contribution < 1.29 is 0 Å². The van der Waals surface area contributed by atoms with E-state index in [0.29, 0.717) is 0 Å². The summed E-state index contributed by atoms with van der Waals surface area (Å²) in [7, 11) is 0. The van der Waals surface area contributed by atoms with Crippen molar-refractivity contribution in [3.63, 3.8) is 0 Å². The van der Waals surface area contributed by atoms with Gasteiger partial charge in [-0.1, -0.05) is 171 Å². The van der Waals surface area contributed by atoms with Crippen LogP contribution in [0.1, 0.15) is 24.0 Å². The molecule has 0 spiro atoms. The number of hydrogen-bond donors (Lipinski definition) is 0. The van der Waals surface area contributed by atoms with Gasteiger partial charge < -0.3 is 9.80 Å². The van der Waals surface area contributed by atoms with Crippen LogP contribution in [0.15, 0.2) is 243 Å². The smallest absolute Gasteiger partial charge is 0.0468 e. The second-order valence-corrected chi connectivity index (χ2v) is 15.1. The molecular weight excluding hydrogens is 713 g/mol. The monoisotopic (exact) mass is 758 g/mol. The highest BCUT2D eigenvalue weighted by Gasteiger charge is 2.20. The zero-order chi connectivity index (χ0) is 40.0. The van der Waals surface area contributed by atoms with Crippen molar-refractivity contribution in [1.29, 1.82) is 0 Å². The van der Waals surface area contributed by atoms with Gasteiger partial charge in [0.15, 0.2) is 0 Å². The molecule has 0 heterocycles. The molecule has 0 aliphatic heterocycles. The van der Waals surface area contributed by atoms with Crippen LogP contribution in [0.25, 0.3) is 33.4 Å². The number of fused-ring (bicyclic) bond motifs is 1. The summed E-state index contributed by atoms with van der Waals surface area (Å²) in [5, 5.41) is 0. The minimum atomic E-state index is 0.190. The lowest BCUT2D eigenvalue weighted by atomic mass is 9.88. The third kappa shape index (κ3) is 7.94. The van der Waals surface area contributed by atoms with Crippen molar-refractivity contribution in [3.8, 4) is 33.4 Å². The van der Waals surface area contributed by atoms with Crippen LogP contribution in [0.3, 0.4) is 0 Å². The van der Waals surface area contributed by atoms with E-state index in [1.54, 1.807) is 0 Å². The topological polar surface area (TPSA) is 6.48 Å². The Kier molecular flexibility index (Phi) is 10.7. The average molecular weight is 759 g/mol. The standard InChI is InChI=1S/C57H46N2/c1-42-18-8-3-11-23-47-32-37-53(40-56(47)43(42)2)59(50-26-16-7-17-27-50)54-38-39-55(57(41-54)46-21-12-5-13-22-46)48-30-35-52(36-31-48)58(49-24-14-6-15-25-49)51-33-28-45(29-34-51)44-19-9-4-10-20-44/h3-22,24-41,43H,1,23H2,2H3/b11-3-,18-8-. The first kappa shape index (κ1) is 37.2. The quantitative estimate of drug-likeness (QED) is 0.145. The fraction of sp³-hybridized carbons (Fsp3) is 0.0526. The van der Waals surface area contributed by atoms with Crippen LogP contribution in [0.4, 0.5) is 34.1 Å². The first-order valence-corrected chi connectivity index (χ1v) is 20.4. The first-order chi connectivity index (χ1) is 29.1. The number of para-hydroxylation sites is 2. The molecule has 284 valence electrons. The van der Waals surface area contributed by atoms with Gasteiger partial charge in [0.2, 0.25) is 0 Å². The predicted molar refractivity (Wildman–Crippen MR) is 252 cm³/mol. The second-order valence-electron chi connectivity index (χ2n) is 15.1. The third-order valence-corrected chi connectivity index (χ3v) is 11.3. The maximum absolute atomic E-state index is 4.43. The van der Waals surface area contributed by atoms with Crippen molar-refractivity contribution in [2.24, 2.45) is 0 Å². The minimum absolute atomic E-state index is 0.190. The van der Waals surface area contributed by atoms with E-state index in [4.69, 9.17) is 0 Å². The molecular formula is C57H46N2. The molecule has 1 atom stereocenters. The lowest BCUT2D eigenvalue weighted by Gasteiger charge is -2.29. The number of benzene rings is 8. The average Bonchev–Trinajstić information content (AvgIpc) is 3.37. The van der Waals surface area contributed by atoms with Gasteiger partial charge in [0.1, 0.15) is 0 Å². The summed E-state index contributed by atoms with van der Waals surface area (Å²) in [4.78, 5) is 4.71. The van der Waals surface area contributed by atoms with E-state index in [0.717, 1.165) is 51.7 Å². The summed E-state index contributed by atoms with van der Waals surface area (Å²) in [5.41, 5.74) is 17.5. The molecule has 0 bridgehead atoms. The zero-order valence-corrected chi connectivity index (χ0v) is 33.3. The van der Waals surface area contributed by atoms with Crippen LogP contribution in [0, 0.1) is 0 Å². The summed E-state index contributed by atoms with van der Waals surface area (Å²) >= 11 is 0. The van der Waals surface area contributed by atoms with E-state index in [-0.39, 0.29) is 5.92 Å². The molecule has 0 saturated carbocycles. The van der Waals surface area contributed by atoms with Gasteiger partial charge in [0, 0.05) is 40.0 Å². The van der Waals surface area contributed by atoms with E-state index >= 15 is 0 Å². The molecule has 0 saturated heterocycles. The Morgan fingerprint density at radius 2 is 0.847 bits per heavy atom. The van der Waals surface area contributed by atoms with Gasteiger partial charge in [-0.25, -0.2) is 0 Å². The highest BCUT2D eigenvalue weighted by molar-refractivity contribution is 5.90. The highest BCUT2D eigenvalue weighted by Crippen LogP contribution is 2.43. The van der Waals surface area contributed by atoms with E-state index in [1.165, 1.54) is 38.9 Å². The van der Waals surface area contributed by atoms with Gasteiger partial charge in [0.05, 0.1) is 0 Å². The number of nitrogens with zero attached hydrogens (tertiary/aromatic N) is 2. The van der Waals surface area contributed by atoms with Gasteiger partial charge in [-0.15, -0.1) is 0 Å². The normalized spacial score (nSPS) is 14.6. The van der Waals surface area contributed by atoms with Crippen molar-refractivity contribution in [2.75, 3.05) is 9.80 Å². The molecule has 8 aromatic rings. The number of rotatable bonds is 9. The van der Waals surface area contributed by atoms with Crippen LogP contribution in [0.5, 0.6) is 0 Å². The maximum Gasteiger partial charge on any atom is 0.0468 e. The van der Waals surface area contributed by atoms with E-state index in [1.807, 2.05) is 0 Å². The SMILES string of the molecule is C=C1/C=C\C=C/Cc2ccc(N(c3ccccc3)c3ccc(-c4ccc(N(c5ccccc5)c5ccc(-c6ccccc6)cc5)cc4)c(-c4ccccc4)c3)cc2C1C. The van der Waals surface area contributed by atoms with Crippen molar-refractivity contribution in [1.82, 2.24) is 0 Å². The summed E-state index contributed by atoms with van der Waals surface area (Å²) in [6, 6.07) is 74.3. The van der Waals surface area contributed by atoms with Gasteiger partial charge in [0.25, 0.3) is 0 Å². The fourth-order valence-corrected chi connectivity index (χ4v) is 8.16. The molecule has 0 N–H and O–H groups in total. The Labute approximate surface area is 349 Å². The molecule has 0 amide bonds. The maximum atomic E-state index is 4.43. The summed E-state index contributed by atoms with van der Waals surface area (Å²) < 4.78 is 0. The molecule has 0 aromatic heterocycles. The third-order valence-electron chi connectivity index (χ3n) is 11.3. The second kappa shape index (κ2) is 17.0. The van der Waals surface area contributed by atoms with Gasteiger partial charge in [-0.3, -0.25) is 0 Å². The molecule has 0 fully saturated rings. The number of hydrogen-bond acceptors (Lipinski definition) is 2. The Morgan fingerprint density at radius 3 is 1.46 bits per heavy atom. The Hall–Kier alpha value is -7.42. The highest BCUT2D eigenvalue weighted by atomic mass is 15.1. The molecule has 1 aliphatic rings. The van der Waals surface area contributed by atoms with E-state index in [9.17, 15) is 0 Å². The molecule has 1 unspecified atom stereocenters. The molecule has 1 aliphatic carbocycles. The first-order valence-electron chi connectivity index (χ1n) is 20.4. The van der Waals surface area contributed by atoms with Crippen LogP contribution in [-0.4, -0.2) is 0 Å². The van der Waals surface area contributed by atoms with Gasteiger partial charge >= 0.3 is 0 Å². The number of anilines is 6.